The first-order valence-electron chi connectivity index (χ1n) is 7.04. The molecule has 0 amide bonds. The molecule has 2 heteroatoms. The van der Waals surface area contributed by atoms with Crippen molar-refractivity contribution < 1.29 is 4.74 Å². The molecular formula is C17H17NO. The molecule has 0 radical (unpaired) electrons. The molecule has 0 spiro atoms. The third-order valence-electron chi connectivity index (χ3n) is 4.10. The first kappa shape index (κ1) is 11.1. The Morgan fingerprint density at radius 2 is 1.84 bits per heavy atom. The number of rotatable bonds is 1. The zero-order chi connectivity index (χ0) is 12.7. The molecule has 3 aromatic rings. The predicted molar refractivity (Wildman–Crippen MR) is 78.3 cm³/mol. The Kier molecular flexibility index (Phi) is 2.56. The van der Waals surface area contributed by atoms with Gasteiger partial charge < -0.3 is 9.72 Å². The summed E-state index contributed by atoms with van der Waals surface area (Å²) < 4.78 is 5.95. The van der Waals surface area contributed by atoms with E-state index in [2.05, 4.69) is 47.4 Å². The van der Waals surface area contributed by atoms with E-state index in [0.29, 0.717) is 0 Å². The van der Waals surface area contributed by atoms with Crippen molar-refractivity contribution in [3.05, 3.63) is 48.0 Å². The summed E-state index contributed by atoms with van der Waals surface area (Å²) in [5.41, 5.74) is 3.77. The highest BCUT2D eigenvalue weighted by molar-refractivity contribution is 6.08. The third kappa shape index (κ3) is 1.75. The van der Waals surface area contributed by atoms with Crippen LogP contribution in [0, 0.1) is 0 Å². The van der Waals surface area contributed by atoms with Crippen molar-refractivity contribution in [1.29, 1.82) is 0 Å². The van der Waals surface area contributed by atoms with Crippen molar-refractivity contribution in [2.45, 2.75) is 25.4 Å². The lowest BCUT2D eigenvalue weighted by molar-refractivity contribution is 0.0158. The van der Waals surface area contributed by atoms with E-state index in [0.717, 1.165) is 13.0 Å². The second-order valence-electron chi connectivity index (χ2n) is 5.30. The molecule has 19 heavy (non-hydrogen) atoms. The third-order valence-corrected chi connectivity index (χ3v) is 4.10. The van der Waals surface area contributed by atoms with E-state index in [1.165, 1.54) is 40.2 Å². The summed E-state index contributed by atoms with van der Waals surface area (Å²) in [5, 5.41) is 2.61. The Bertz CT molecular complexity index is 722. The van der Waals surface area contributed by atoms with Crippen LogP contribution in [-0.4, -0.2) is 11.6 Å². The molecule has 0 bridgehead atoms. The van der Waals surface area contributed by atoms with Crippen molar-refractivity contribution in [3.8, 4) is 0 Å². The van der Waals surface area contributed by atoms with E-state index in [-0.39, 0.29) is 6.10 Å². The molecule has 0 saturated carbocycles. The van der Waals surface area contributed by atoms with E-state index in [9.17, 15) is 0 Å². The lowest BCUT2D eigenvalue weighted by atomic mass is 9.99. The van der Waals surface area contributed by atoms with Gasteiger partial charge in [0.15, 0.2) is 0 Å². The second-order valence-corrected chi connectivity index (χ2v) is 5.30. The first-order chi connectivity index (χ1) is 9.43. The minimum Gasteiger partial charge on any atom is -0.373 e. The molecule has 1 N–H and O–H groups in total. The van der Waals surface area contributed by atoms with Gasteiger partial charge in [-0.3, -0.25) is 0 Å². The average Bonchev–Trinajstić information content (AvgIpc) is 2.87. The van der Waals surface area contributed by atoms with Crippen LogP contribution in [0.3, 0.4) is 0 Å². The topological polar surface area (TPSA) is 25.0 Å². The highest BCUT2D eigenvalue weighted by Gasteiger charge is 2.19. The number of aromatic nitrogens is 1. The Balaban J connectivity index is 1.95. The summed E-state index contributed by atoms with van der Waals surface area (Å²) in [5.74, 6) is 0. The van der Waals surface area contributed by atoms with Gasteiger partial charge in [0.25, 0.3) is 0 Å². The molecule has 1 aliphatic heterocycles. The maximum atomic E-state index is 5.95. The van der Waals surface area contributed by atoms with Gasteiger partial charge in [-0.1, -0.05) is 36.4 Å². The summed E-state index contributed by atoms with van der Waals surface area (Å²) in [6.07, 6.45) is 3.85. The quantitative estimate of drug-likeness (QED) is 0.673. The predicted octanol–water partition coefficient (Wildman–Crippen LogP) is 4.56. The summed E-state index contributed by atoms with van der Waals surface area (Å²) in [6, 6.07) is 15.0. The molecule has 1 unspecified atom stereocenters. The van der Waals surface area contributed by atoms with Gasteiger partial charge in [-0.2, -0.15) is 0 Å². The number of hydrogen-bond acceptors (Lipinski definition) is 1. The minimum absolute atomic E-state index is 0.255. The lowest BCUT2D eigenvalue weighted by Crippen LogP contribution is -2.11. The van der Waals surface area contributed by atoms with Crippen LogP contribution in [0.4, 0.5) is 0 Å². The SMILES string of the molecule is c1ccc2c(c1)[nH]c1c(C3CCCCO3)cccc12. The van der Waals surface area contributed by atoms with Crippen molar-refractivity contribution in [3.63, 3.8) is 0 Å². The van der Waals surface area contributed by atoms with Crippen molar-refractivity contribution in [1.82, 2.24) is 4.98 Å². The van der Waals surface area contributed by atoms with Crippen LogP contribution in [0.15, 0.2) is 42.5 Å². The fourth-order valence-corrected chi connectivity index (χ4v) is 3.15. The highest BCUT2D eigenvalue weighted by atomic mass is 16.5. The maximum Gasteiger partial charge on any atom is 0.0845 e. The van der Waals surface area contributed by atoms with Gasteiger partial charge in [0.2, 0.25) is 0 Å². The Labute approximate surface area is 112 Å². The van der Waals surface area contributed by atoms with Crippen molar-refractivity contribution >= 4 is 21.8 Å². The second kappa shape index (κ2) is 4.39. The number of fused-ring (bicyclic) bond motifs is 3. The van der Waals surface area contributed by atoms with Gasteiger partial charge in [-0.15, -0.1) is 0 Å². The van der Waals surface area contributed by atoms with Gasteiger partial charge in [0.05, 0.1) is 11.6 Å². The van der Waals surface area contributed by atoms with Gasteiger partial charge >= 0.3 is 0 Å². The van der Waals surface area contributed by atoms with Gasteiger partial charge in [0, 0.05) is 28.5 Å². The zero-order valence-corrected chi connectivity index (χ0v) is 10.9. The molecule has 1 saturated heterocycles. The molecule has 4 rings (SSSR count). The molecule has 1 atom stereocenters. The Morgan fingerprint density at radius 3 is 2.74 bits per heavy atom. The number of para-hydroxylation sites is 2. The Hall–Kier alpha value is -1.80. The van der Waals surface area contributed by atoms with E-state index in [4.69, 9.17) is 4.74 Å². The number of H-pyrrole nitrogens is 1. The molecule has 1 aromatic heterocycles. The summed E-state index contributed by atoms with van der Waals surface area (Å²) in [6.45, 7) is 0.890. The smallest absolute Gasteiger partial charge is 0.0845 e. The van der Waals surface area contributed by atoms with E-state index in [1.54, 1.807) is 0 Å². The standard InChI is InChI=1S/C17H17NO/c1-2-9-15-12(6-1)13-7-5-8-14(17(13)18-15)16-10-3-4-11-19-16/h1-2,5-9,16,18H,3-4,10-11H2. The van der Waals surface area contributed by atoms with Crippen molar-refractivity contribution in [2.75, 3.05) is 6.61 Å². The van der Waals surface area contributed by atoms with Crippen LogP contribution in [-0.2, 0) is 4.74 Å². The van der Waals surface area contributed by atoms with Gasteiger partial charge in [0.1, 0.15) is 0 Å². The zero-order valence-electron chi connectivity index (χ0n) is 10.9. The molecular weight excluding hydrogens is 234 g/mol. The normalized spacial score (nSPS) is 20.1. The molecule has 2 heterocycles. The Morgan fingerprint density at radius 1 is 0.947 bits per heavy atom. The number of hydrogen-bond donors (Lipinski definition) is 1. The van der Waals surface area contributed by atoms with E-state index in [1.807, 2.05) is 0 Å². The summed E-state index contributed by atoms with van der Waals surface area (Å²) in [7, 11) is 0. The molecule has 2 aromatic carbocycles. The molecule has 1 fully saturated rings. The largest absolute Gasteiger partial charge is 0.373 e. The van der Waals surface area contributed by atoms with Gasteiger partial charge in [-0.25, -0.2) is 0 Å². The summed E-state index contributed by atoms with van der Waals surface area (Å²) in [4.78, 5) is 3.56. The molecule has 1 aliphatic rings. The van der Waals surface area contributed by atoms with E-state index >= 15 is 0 Å². The highest BCUT2D eigenvalue weighted by Crippen LogP contribution is 2.35. The van der Waals surface area contributed by atoms with Crippen molar-refractivity contribution in [2.24, 2.45) is 0 Å². The number of ether oxygens (including phenoxy) is 1. The maximum absolute atomic E-state index is 5.95. The number of benzene rings is 2. The van der Waals surface area contributed by atoms with E-state index < -0.39 is 0 Å². The fourth-order valence-electron chi connectivity index (χ4n) is 3.15. The van der Waals surface area contributed by atoms with Crippen LogP contribution in [0.2, 0.25) is 0 Å². The molecule has 0 aliphatic carbocycles. The van der Waals surface area contributed by atoms with Gasteiger partial charge in [-0.05, 0) is 25.3 Å². The van der Waals surface area contributed by atoms with Crippen LogP contribution in [0.5, 0.6) is 0 Å². The number of aromatic amines is 1. The monoisotopic (exact) mass is 251 g/mol. The van der Waals surface area contributed by atoms with Crippen LogP contribution in [0.1, 0.15) is 30.9 Å². The van der Waals surface area contributed by atoms with Crippen LogP contribution < -0.4 is 0 Å². The molecule has 2 nitrogen and oxygen atoms in total. The minimum atomic E-state index is 0.255. The summed E-state index contributed by atoms with van der Waals surface area (Å²) >= 11 is 0. The fraction of sp³-hybridized carbons (Fsp3) is 0.294. The number of nitrogens with one attached hydrogen (secondary N) is 1. The van der Waals surface area contributed by atoms with Crippen LogP contribution >= 0.6 is 0 Å². The molecule has 96 valence electrons. The van der Waals surface area contributed by atoms with Crippen LogP contribution in [0.25, 0.3) is 21.8 Å². The lowest BCUT2D eigenvalue weighted by Gasteiger charge is -2.23. The first-order valence-corrected chi connectivity index (χ1v) is 7.04. The average molecular weight is 251 g/mol.